The second kappa shape index (κ2) is 60.7. The number of hydrogen-bond donors (Lipinski definition) is 23. The first-order chi connectivity index (χ1) is 70.4. The largest absolute Gasteiger partial charge is 0.481 e. The summed E-state index contributed by atoms with van der Waals surface area (Å²) in [4.78, 5) is 346. The van der Waals surface area contributed by atoms with E-state index in [9.17, 15) is 135 Å². The van der Waals surface area contributed by atoms with Gasteiger partial charge in [0, 0.05) is 45.4 Å². The van der Waals surface area contributed by atoms with Gasteiger partial charge in [-0.15, -0.1) is 0 Å². The van der Waals surface area contributed by atoms with E-state index < -0.39 is 326 Å². The minimum atomic E-state index is -2.00. The number of carboxylic acids is 3. The van der Waals surface area contributed by atoms with Crippen LogP contribution in [0.2, 0.25) is 0 Å². The molecule has 4 heterocycles. The highest BCUT2D eigenvalue weighted by molar-refractivity contribution is 7.98. The van der Waals surface area contributed by atoms with Crippen molar-refractivity contribution in [3.05, 3.63) is 71.8 Å². The van der Waals surface area contributed by atoms with E-state index in [-0.39, 0.29) is 84.1 Å². The van der Waals surface area contributed by atoms with Gasteiger partial charge in [0.1, 0.15) is 103 Å². The molecule has 52 nitrogen and oxygen atoms in total. The summed E-state index contributed by atoms with van der Waals surface area (Å²) in [5, 5.41) is 66.1. The third-order valence-electron chi connectivity index (χ3n) is 25.7. The number of hydrogen-bond acceptors (Lipinski definition) is 28. The molecule has 4 saturated heterocycles. The van der Waals surface area contributed by atoms with E-state index in [0.29, 0.717) is 61.8 Å². The Kier molecular flexibility index (Phi) is 50.1. The maximum Gasteiger partial charge on any atom is 0.326 e. The van der Waals surface area contributed by atoms with Crippen molar-refractivity contribution in [2.45, 2.75) is 299 Å². The molecule has 4 fully saturated rings. The van der Waals surface area contributed by atoms with Crippen LogP contribution in [0.1, 0.15) is 189 Å². The van der Waals surface area contributed by atoms with Gasteiger partial charge in [0.05, 0.1) is 44.8 Å². The summed E-state index contributed by atoms with van der Waals surface area (Å²) in [5.74, 6) is -27.5. The molecule has 0 aromatic heterocycles. The van der Waals surface area contributed by atoms with Crippen molar-refractivity contribution in [2.75, 3.05) is 57.8 Å². The van der Waals surface area contributed by atoms with Crippen molar-refractivity contribution >= 4 is 160 Å². The molecule has 19 atom stereocenters. The Bertz CT molecular complexity index is 5120. The number of nitrogens with zero attached hydrogens (tertiary/aromatic N) is 4. The molecular weight excluding hydrogens is 1970 g/mol. The zero-order chi connectivity index (χ0) is 111. The van der Waals surface area contributed by atoms with Crippen molar-refractivity contribution < 1.29 is 135 Å². The average Bonchev–Trinajstić information content (AvgIpc) is 1.69. The predicted molar refractivity (Wildman–Crippen MR) is 533 cm³/mol. The molecule has 0 radical (unpaired) electrons. The molecule has 6 rings (SSSR count). The molecule has 4 aliphatic rings. The van der Waals surface area contributed by atoms with Gasteiger partial charge in [-0.05, 0) is 145 Å². The smallest absolute Gasteiger partial charge is 0.326 e. The molecule has 53 heteroatoms. The van der Waals surface area contributed by atoms with E-state index in [1.165, 1.54) is 21.6 Å². The van der Waals surface area contributed by atoms with Crippen molar-refractivity contribution in [3.8, 4) is 0 Å². The lowest BCUT2D eigenvalue weighted by Gasteiger charge is -2.33. The number of nitrogens with two attached hydrogens (primary N) is 5. The van der Waals surface area contributed by atoms with Crippen LogP contribution in [0, 0.1) is 17.8 Å². The fourth-order valence-corrected chi connectivity index (χ4v) is 17.9. The SMILES string of the molecule is CC[C@H](C)[C@H](NC(=O)[C@@H]1CCCN1C(=O)[C@@H](N)CCSC)C(=O)N1CCC[C@H]1C(=O)N[C@@H](CC(N)=O)C(=O)N[C@@H](CC(N)=O)C(=O)N1CCC[C@H]1C(=O)NCC(=O)N[C@@H](C)C(=O)NCC(=O)N[C@@H](CCC(=O)O)C(=O)N[C@@H](CC(N)=O)C(=O)N[C@@H](C)C(=O)N[C@@H](Cc1ccccc1)C(=O)N[C@@H](CC(=O)O)C(=O)N1CCC[C@H]1C(=O)N[C@H](C(=O)N[C@@H](Cc1ccccc1)C(=O)N[C@H](C(=O)N[C@@H](CCCCN)C(=O)O)C(C)C)C(C)C. The van der Waals surface area contributed by atoms with Gasteiger partial charge in [-0.3, -0.25) is 115 Å². The van der Waals surface area contributed by atoms with Crippen LogP contribution in [0.4, 0.5) is 0 Å². The van der Waals surface area contributed by atoms with Crippen molar-refractivity contribution in [1.29, 1.82) is 0 Å². The predicted octanol–water partition coefficient (Wildman–Crippen LogP) is -7.37. The molecule has 0 aliphatic carbocycles. The third kappa shape index (κ3) is 38.9. The Morgan fingerprint density at radius 3 is 1.21 bits per heavy atom. The van der Waals surface area contributed by atoms with Gasteiger partial charge in [0.25, 0.3) is 0 Å². The van der Waals surface area contributed by atoms with Crippen molar-refractivity contribution in [1.82, 2.24) is 99.4 Å². The molecule has 2 aromatic carbocycles. The molecule has 149 heavy (non-hydrogen) atoms. The molecule has 822 valence electrons. The number of thioether (sulfide) groups is 1. The number of unbranched alkanes of at least 4 members (excludes halogenated alkanes) is 1. The highest BCUT2D eigenvalue weighted by Crippen LogP contribution is 2.28. The molecule has 28 N–H and O–H groups in total. The van der Waals surface area contributed by atoms with E-state index in [1.54, 1.807) is 102 Å². The van der Waals surface area contributed by atoms with Gasteiger partial charge in [-0.25, -0.2) is 4.79 Å². The van der Waals surface area contributed by atoms with Gasteiger partial charge in [-0.2, -0.15) is 11.8 Å². The van der Waals surface area contributed by atoms with Crippen LogP contribution in [0.5, 0.6) is 0 Å². The van der Waals surface area contributed by atoms with Crippen LogP contribution in [0.25, 0.3) is 0 Å². The number of carbonyl (C=O) groups excluding carboxylic acids is 22. The summed E-state index contributed by atoms with van der Waals surface area (Å²) in [6.07, 6.45) is -0.891. The van der Waals surface area contributed by atoms with Crippen LogP contribution in [-0.4, -0.2) is 349 Å². The van der Waals surface area contributed by atoms with Crippen LogP contribution in [0.15, 0.2) is 60.7 Å². The monoisotopic (exact) mass is 2110 g/mol. The summed E-state index contributed by atoms with van der Waals surface area (Å²) < 4.78 is 0. The number of nitrogens with one attached hydrogen (secondary N) is 15. The highest BCUT2D eigenvalue weighted by atomic mass is 32.2. The lowest BCUT2D eigenvalue weighted by atomic mass is 9.96. The Labute approximate surface area is 865 Å². The Morgan fingerprint density at radius 1 is 0.369 bits per heavy atom. The Hall–Kier alpha value is -14.5. The number of likely N-dealkylation sites (tertiary alicyclic amines) is 4. The minimum Gasteiger partial charge on any atom is -0.481 e. The third-order valence-corrected chi connectivity index (χ3v) is 26.4. The standard InChI is InChI=1S/C96H144N24O28S/c1-10-51(6)78(116-89(140)67-30-20-36-117(67)92(143)56(98)34-40-149-9)95(146)120-39-22-29-66(120)87(138)110-62(44-70(100)122)84(135)112-63(45-71(101)123)93(144)118-37-19-28-65(118)86(137)103-47-72(124)104-52(7)79(130)102-48-73(125)106-57(32-33-74(126)127)81(132)109-61(43-69(99)121)82(133)105-53(8)80(131)108-59(41-54-23-13-11-14-24-54)83(134)113-64(46-75(128)129)94(145)119-38-21-31-68(119)88(139)115-77(50(4)5)91(142)111-60(42-55-25-15-12-16-26-55)85(136)114-76(49(2)3)90(141)107-58(96(147)148)27-17-18-35-97/h11-16,23-26,49-53,56-68,76-78H,10,17-22,27-48,97-98H2,1-9H3,(H2,99,121)(H2,100,122)(H2,101,123)(H,102,130)(H,103,137)(H,104,124)(H,105,133)(H,106,125)(H,107,141)(H,108,131)(H,109,132)(H,110,138)(H,111,142)(H,112,135)(H,113,134)(H,114,136)(H,115,139)(H,116,140)(H,126,127)(H,128,129)(H,147,148)/t51-,52-,53-,56-,57-,58-,59-,60-,61-,62-,63-,64-,65-,66-,67-,68-,76-,77-,78-/m0/s1. The van der Waals surface area contributed by atoms with Crippen LogP contribution in [0.3, 0.4) is 0 Å². The topological polar surface area (TPSA) is 811 Å². The highest BCUT2D eigenvalue weighted by Gasteiger charge is 2.48. The number of amides is 22. The number of primary amides is 3. The summed E-state index contributed by atoms with van der Waals surface area (Å²) in [6.45, 7) is 10.6. The second-order valence-corrected chi connectivity index (χ2v) is 39.0. The maximum atomic E-state index is 14.7. The summed E-state index contributed by atoms with van der Waals surface area (Å²) in [6, 6.07) is -10.5. The maximum absolute atomic E-state index is 14.7. The molecule has 0 bridgehead atoms. The molecule has 4 aliphatic heterocycles. The molecular formula is C96H144N24O28S. The van der Waals surface area contributed by atoms with Gasteiger partial charge < -0.3 is 143 Å². The van der Waals surface area contributed by atoms with Crippen LogP contribution in [-0.2, 0) is 133 Å². The van der Waals surface area contributed by atoms with Crippen LogP contribution >= 0.6 is 11.8 Å². The first-order valence-corrected chi connectivity index (χ1v) is 51.0. The molecule has 0 saturated carbocycles. The van der Waals surface area contributed by atoms with E-state index in [2.05, 4.69) is 79.8 Å². The first kappa shape index (κ1) is 123. The molecule has 22 amide bonds. The van der Waals surface area contributed by atoms with Crippen LogP contribution < -0.4 is 108 Å². The lowest BCUT2D eigenvalue weighted by Crippen LogP contribution is -2.61. The normalized spacial score (nSPS) is 18.3. The molecule has 2 aromatic rings. The van der Waals surface area contributed by atoms with Gasteiger partial charge in [0.15, 0.2) is 0 Å². The van der Waals surface area contributed by atoms with Crippen molar-refractivity contribution in [3.63, 3.8) is 0 Å². The first-order valence-electron chi connectivity index (χ1n) is 49.6. The number of carboxylic acid groups (broad SMARTS) is 3. The van der Waals surface area contributed by atoms with Gasteiger partial charge in [-0.1, -0.05) is 109 Å². The fourth-order valence-electron chi connectivity index (χ4n) is 17.4. The Morgan fingerprint density at radius 2 is 0.752 bits per heavy atom. The lowest BCUT2D eigenvalue weighted by molar-refractivity contribution is -0.146. The fraction of sp³-hybridized carbons (Fsp3) is 0.615. The molecule has 0 unspecified atom stereocenters. The zero-order valence-corrected chi connectivity index (χ0v) is 85.9. The minimum absolute atomic E-state index is 0.0337. The quantitative estimate of drug-likeness (QED) is 0.0274. The second-order valence-electron chi connectivity index (χ2n) is 38.0. The zero-order valence-electron chi connectivity index (χ0n) is 85.0. The molecule has 0 spiro atoms. The van der Waals surface area contributed by atoms with Crippen molar-refractivity contribution in [2.24, 2.45) is 46.4 Å². The number of benzene rings is 2. The summed E-state index contributed by atoms with van der Waals surface area (Å²) >= 11 is 1.51. The average molecular weight is 2110 g/mol. The van der Waals surface area contributed by atoms with Gasteiger partial charge in [0.2, 0.25) is 130 Å². The number of carbonyl (C=O) groups is 25. The van der Waals surface area contributed by atoms with E-state index in [0.717, 1.165) is 23.6 Å². The summed E-state index contributed by atoms with van der Waals surface area (Å²) in [7, 11) is 0. The summed E-state index contributed by atoms with van der Waals surface area (Å²) in [5.41, 5.74) is 29.3. The van der Waals surface area contributed by atoms with E-state index in [1.807, 2.05) is 6.26 Å². The van der Waals surface area contributed by atoms with Gasteiger partial charge >= 0.3 is 17.9 Å². The number of aliphatic carboxylic acids is 3. The van der Waals surface area contributed by atoms with E-state index >= 15 is 0 Å². The van der Waals surface area contributed by atoms with E-state index in [4.69, 9.17) is 28.7 Å². The number of rotatable bonds is 61. The Balaban J connectivity index is 1.04.